The third-order valence-corrected chi connectivity index (χ3v) is 4.42. The van der Waals surface area contributed by atoms with Crippen LogP contribution in [0.2, 0.25) is 0 Å². The van der Waals surface area contributed by atoms with Gasteiger partial charge in [-0.25, -0.2) is 4.39 Å². The van der Waals surface area contributed by atoms with E-state index in [1.165, 1.54) is 6.07 Å². The fraction of sp³-hybridized carbons (Fsp3) is 0.562. The van der Waals surface area contributed by atoms with Crippen molar-refractivity contribution in [1.82, 2.24) is 0 Å². The number of rotatable bonds is 5. The lowest BCUT2D eigenvalue weighted by Gasteiger charge is -2.25. The number of aliphatic carboxylic acids is 1. The number of carbonyl (C=O) groups is 1. The molecule has 1 aliphatic heterocycles. The van der Waals surface area contributed by atoms with Gasteiger partial charge < -0.3 is 10.0 Å². The van der Waals surface area contributed by atoms with Gasteiger partial charge in [-0.1, -0.05) is 6.07 Å². The van der Waals surface area contributed by atoms with Crippen molar-refractivity contribution in [2.75, 3.05) is 18.0 Å². The van der Waals surface area contributed by atoms with Crippen molar-refractivity contribution in [2.24, 2.45) is 5.92 Å². The van der Waals surface area contributed by atoms with E-state index >= 15 is 0 Å². The van der Waals surface area contributed by atoms with Gasteiger partial charge in [0.2, 0.25) is 0 Å². The lowest BCUT2D eigenvalue weighted by molar-refractivity contribution is -0.137. The Labute approximate surface area is 118 Å². The van der Waals surface area contributed by atoms with Gasteiger partial charge in [-0.3, -0.25) is 4.79 Å². The molecule has 0 radical (unpaired) electrons. The van der Waals surface area contributed by atoms with Crippen LogP contribution in [-0.4, -0.2) is 24.2 Å². The molecule has 3 nitrogen and oxygen atoms in total. The van der Waals surface area contributed by atoms with Gasteiger partial charge in [0, 0.05) is 18.8 Å². The Morgan fingerprint density at radius 1 is 1.35 bits per heavy atom. The zero-order chi connectivity index (χ0) is 14.1. The van der Waals surface area contributed by atoms with Crippen LogP contribution < -0.4 is 4.90 Å². The smallest absolute Gasteiger partial charge is 0.303 e. The molecular formula is C16H20FNO2. The van der Waals surface area contributed by atoms with Crippen LogP contribution in [0.15, 0.2) is 18.2 Å². The van der Waals surface area contributed by atoms with Gasteiger partial charge in [0.15, 0.2) is 0 Å². The first-order valence-corrected chi connectivity index (χ1v) is 7.41. The Morgan fingerprint density at radius 3 is 2.65 bits per heavy atom. The van der Waals surface area contributed by atoms with E-state index in [0.717, 1.165) is 50.0 Å². The minimum atomic E-state index is -0.765. The predicted octanol–water partition coefficient (Wildman–Crippen LogP) is 3.39. The molecule has 0 amide bonds. The molecular weight excluding hydrogens is 257 g/mol. The molecule has 3 rings (SSSR count). The second kappa shape index (κ2) is 5.43. The summed E-state index contributed by atoms with van der Waals surface area (Å²) in [5.41, 5.74) is 1.94. The summed E-state index contributed by atoms with van der Waals surface area (Å²) in [4.78, 5) is 13.3. The minimum absolute atomic E-state index is 0.0312. The molecule has 1 aromatic carbocycles. The Hall–Kier alpha value is -1.58. The fourth-order valence-electron chi connectivity index (χ4n) is 3.28. The van der Waals surface area contributed by atoms with E-state index in [1.807, 2.05) is 0 Å². The van der Waals surface area contributed by atoms with Crippen molar-refractivity contribution < 1.29 is 14.3 Å². The molecule has 2 aliphatic rings. The third kappa shape index (κ3) is 2.79. The average molecular weight is 277 g/mol. The minimum Gasteiger partial charge on any atom is -0.481 e. The van der Waals surface area contributed by atoms with Crippen LogP contribution in [0.3, 0.4) is 0 Å². The highest BCUT2D eigenvalue weighted by Gasteiger charge is 2.35. The first kappa shape index (κ1) is 13.4. The van der Waals surface area contributed by atoms with Crippen LogP contribution >= 0.6 is 0 Å². The summed E-state index contributed by atoms with van der Waals surface area (Å²) >= 11 is 0. The summed E-state index contributed by atoms with van der Waals surface area (Å²) in [5, 5.41) is 9.15. The summed E-state index contributed by atoms with van der Waals surface area (Å²) in [5.74, 6) is -0.513. The first-order chi connectivity index (χ1) is 9.65. The molecule has 1 aliphatic carbocycles. The van der Waals surface area contributed by atoms with Gasteiger partial charge in [-0.15, -0.1) is 0 Å². The van der Waals surface area contributed by atoms with Gasteiger partial charge in [0.1, 0.15) is 5.82 Å². The van der Waals surface area contributed by atoms with Gasteiger partial charge in [0.05, 0.1) is 6.42 Å². The van der Waals surface area contributed by atoms with E-state index in [0.29, 0.717) is 5.92 Å². The van der Waals surface area contributed by atoms with E-state index in [9.17, 15) is 9.18 Å². The number of anilines is 1. The van der Waals surface area contributed by atoms with Crippen LogP contribution in [0.1, 0.15) is 43.6 Å². The standard InChI is InChI=1S/C16H20FNO2/c17-12-5-6-13(14(10-16(19)20)11-3-4-11)15(9-12)18-7-1-2-8-18/h5-6,9,11,14H,1-4,7-8,10H2,(H,19,20). The summed E-state index contributed by atoms with van der Waals surface area (Å²) in [6, 6.07) is 4.85. The molecule has 108 valence electrons. The second-order valence-electron chi connectivity index (χ2n) is 5.94. The summed E-state index contributed by atoms with van der Waals surface area (Å²) in [7, 11) is 0. The topological polar surface area (TPSA) is 40.5 Å². The lowest BCUT2D eigenvalue weighted by atomic mass is 9.89. The maximum Gasteiger partial charge on any atom is 0.303 e. The largest absolute Gasteiger partial charge is 0.481 e. The van der Waals surface area contributed by atoms with Crippen molar-refractivity contribution >= 4 is 11.7 Å². The maximum absolute atomic E-state index is 13.6. The van der Waals surface area contributed by atoms with Crippen molar-refractivity contribution in [3.05, 3.63) is 29.6 Å². The molecule has 1 atom stereocenters. The quantitative estimate of drug-likeness (QED) is 0.896. The van der Waals surface area contributed by atoms with Gasteiger partial charge >= 0.3 is 5.97 Å². The van der Waals surface area contributed by atoms with Crippen LogP contribution in [0.25, 0.3) is 0 Å². The Kier molecular flexibility index (Phi) is 3.64. The number of benzene rings is 1. The van der Waals surface area contributed by atoms with Crippen LogP contribution in [0, 0.1) is 11.7 Å². The Morgan fingerprint density at radius 2 is 2.05 bits per heavy atom. The van der Waals surface area contributed by atoms with Crippen molar-refractivity contribution in [1.29, 1.82) is 0 Å². The van der Waals surface area contributed by atoms with Gasteiger partial charge in [0.25, 0.3) is 0 Å². The third-order valence-electron chi connectivity index (χ3n) is 4.42. The molecule has 1 N–H and O–H groups in total. The molecule has 4 heteroatoms. The molecule has 2 fully saturated rings. The predicted molar refractivity (Wildman–Crippen MR) is 75.6 cm³/mol. The van der Waals surface area contributed by atoms with Crippen molar-refractivity contribution in [3.8, 4) is 0 Å². The zero-order valence-electron chi connectivity index (χ0n) is 11.5. The lowest BCUT2D eigenvalue weighted by Crippen LogP contribution is -2.21. The van der Waals surface area contributed by atoms with E-state index in [4.69, 9.17) is 5.11 Å². The normalized spacial score (nSPS) is 20.1. The number of nitrogens with zero attached hydrogens (tertiary/aromatic N) is 1. The summed E-state index contributed by atoms with van der Waals surface area (Å²) < 4.78 is 13.6. The fourth-order valence-corrected chi connectivity index (χ4v) is 3.28. The Balaban J connectivity index is 1.95. The van der Waals surface area contributed by atoms with E-state index in [1.54, 1.807) is 12.1 Å². The van der Waals surface area contributed by atoms with Crippen molar-refractivity contribution in [2.45, 2.75) is 38.0 Å². The van der Waals surface area contributed by atoms with Crippen LogP contribution in [0.5, 0.6) is 0 Å². The summed E-state index contributed by atoms with van der Waals surface area (Å²) in [6.07, 6.45) is 4.59. The molecule has 1 heterocycles. The van der Waals surface area contributed by atoms with Crippen LogP contribution in [0.4, 0.5) is 10.1 Å². The Bertz CT molecular complexity index is 507. The molecule has 1 saturated heterocycles. The summed E-state index contributed by atoms with van der Waals surface area (Å²) in [6.45, 7) is 1.89. The average Bonchev–Trinajstić information content (AvgIpc) is 3.10. The van der Waals surface area contributed by atoms with Crippen LogP contribution in [-0.2, 0) is 4.79 Å². The monoisotopic (exact) mass is 277 g/mol. The molecule has 1 aromatic rings. The highest BCUT2D eigenvalue weighted by molar-refractivity contribution is 5.69. The van der Waals surface area contributed by atoms with Gasteiger partial charge in [-0.2, -0.15) is 0 Å². The second-order valence-corrected chi connectivity index (χ2v) is 5.94. The van der Waals surface area contributed by atoms with E-state index < -0.39 is 5.97 Å². The number of carboxylic acids is 1. The molecule has 0 aromatic heterocycles. The number of halogens is 1. The first-order valence-electron chi connectivity index (χ1n) is 7.41. The highest BCUT2D eigenvalue weighted by atomic mass is 19.1. The van der Waals surface area contributed by atoms with Crippen molar-refractivity contribution in [3.63, 3.8) is 0 Å². The zero-order valence-corrected chi connectivity index (χ0v) is 11.5. The maximum atomic E-state index is 13.6. The molecule has 0 bridgehead atoms. The van der Waals surface area contributed by atoms with E-state index in [-0.39, 0.29) is 18.2 Å². The number of carboxylic acid groups (broad SMARTS) is 1. The number of hydrogen-bond acceptors (Lipinski definition) is 2. The van der Waals surface area contributed by atoms with E-state index in [2.05, 4.69) is 4.90 Å². The SMILES string of the molecule is O=C(O)CC(c1ccc(F)cc1N1CCCC1)C1CC1. The van der Waals surface area contributed by atoms with Gasteiger partial charge in [-0.05, 0) is 55.2 Å². The molecule has 1 saturated carbocycles. The molecule has 1 unspecified atom stereocenters. The number of hydrogen-bond donors (Lipinski definition) is 1. The molecule has 0 spiro atoms. The molecule has 20 heavy (non-hydrogen) atoms. The highest BCUT2D eigenvalue weighted by Crippen LogP contribution is 2.47.